The molecule has 0 aromatic heterocycles. The van der Waals surface area contributed by atoms with Crippen LogP contribution in [0.15, 0.2) is 29.8 Å². The third-order valence-electron chi connectivity index (χ3n) is 7.30. The summed E-state index contributed by atoms with van der Waals surface area (Å²) in [6.07, 6.45) is 7.78. The number of ether oxygens (including phenoxy) is 1. The van der Waals surface area contributed by atoms with Crippen molar-refractivity contribution < 1.29 is 9.53 Å². The number of carbonyl (C=O) groups is 1. The van der Waals surface area contributed by atoms with Crippen LogP contribution in [0.25, 0.3) is 0 Å². The van der Waals surface area contributed by atoms with Crippen LogP contribution in [-0.4, -0.2) is 30.0 Å². The van der Waals surface area contributed by atoms with Gasteiger partial charge in [-0.05, 0) is 81.7 Å². The Morgan fingerprint density at radius 2 is 2.07 bits per heavy atom. The van der Waals surface area contributed by atoms with E-state index in [9.17, 15) is 4.79 Å². The van der Waals surface area contributed by atoms with Crippen LogP contribution in [0, 0.1) is 11.8 Å². The highest BCUT2D eigenvalue weighted by Crippen LogP contribution is 2.51. The van der Waals surface area contributed by atoms with Crippen molar-refractivity contribution in [1.29, 1.82) is 0 Å². The van der Waals surface area contributed by atoms with Crippen molar-refractivity contribution in [3.63, 3.8) is 0 Å². The molecule has 0 radical (unpaired) electrons. The Morgan fingerprint density at radius 3 is 2.71 bits per heavy atom. The number of benzene rings is 1. The molecular weight excluding hydrogens is 370 g/mol. The number of rotatable bonds is 5. The largest absolute Gasteiger partial charge is 0.426 e. The Balaban J connectivity index is 0.00000225. The van der Waals surface area contributed by atoms with E-state index >= 15 is 0 Å². The minimum atomic E-state index is -0.0428. The highest BCUT2D eigenvalue weighted by atomic mass is 35.5. The van der Waals surface area contributed by atoms with E-state index in [4.69, 9.17) is 4.74 Å². The molecule has 3 unspecified atom stereocenters. The first-order valence-corrected chi connectivity index (χ1v) is 10.7. The van der Waals surface area contributed by atoms with Crippen molar-refractivity contribution in [3.8, 4) is 5.75 Å². The van der Waals surface area contributed by atoms with Gasteiger partial charge in [-0.1, -0.05) is 31.6 Å². The van der Waals surface area contributed by atoms with Crippen LogP contribution < -0.4 is 4.74 Å². The topological polar surface area (TPSA) is 29.5 Å². The third-order valence-corrected chi connectivity index (χ3v) is 7.30. The Hall–Kier alpha value is -1.32. The lowest BCUT2D eigenvalue weighted by Gasteiger charge is -2.56. The lowest BCUT2D eigenvalue weighted by atomic mass is 9.57. The second-order valence-corrected chi connectivity index (χ2v) is 9.11. The first-order chi connectivity index (χ1) is 12.9. The molecule has 0 spiro atoms. The molecule has 1 saturated heterocycles. The summed E-state index contributed by atoms with van der Waals surface area (Å²) < 4.78 is 5.70. The lowest BCUT2D eigenvalue weighted by molar-refractivity contribution is -0.135. The molecule has 1 aromatic rings. The van der Waals surface area contributed by atoms with E-state index in [1.807, 2.05) is 6.07 Å². The van der Waals surface area contributed by atoms with Gasteiger partial charge in [0.1, 0.15) is 5.75 Å². The highest BCUT2D eigenvalue weighted by molar-refractivity contribution is 5.85. The lowest BCUT2D eigenvalue weighted by Crippen LogP contribution is -2.58. The molecule has 4 rings (SSSR count). The number of allylic oxidation sites excluding steroid dienone is 1. The third kappa shape index (κ3) is 3.76. The van der Waals surface area contributed by atoms with Crippen molar-refractivity contribution in [2.75, 3.05) is 13.1 Å². The molecular formula is C24H34ClNO2. The standard InChI is InChI=1S/C24H33NO2.ClH/c1-5-24-11-13-25(12-10-16(2)3)22(17(24)4)14-19-8-9-20(15-21(19)24)27-23(26)18-6-7-18;/h8-10,15,17-18,22H,5-7,11-14H2,1-4H3;1H. The molecule has 2 bridgehead atoms. The van der Waals surface area contributed by atoms with Gasteiger partial charge < -0.3 is 4.74 Å². The Labute approximate surface area is 175 Å². The molecule has 4 heteroatoms. The minimum absolute atomic E-state index is 0. The van der Waals surface area contributed by atoms with Crippen LogP contribution in [0.4, 0.5) is 0 Å². The van der Waals surface area contributed by atoms with E-state index < -0.39 is 0 Å². The normalized spacial score (nSPS) is 28.7. The summed E-state index contributed by atoms with van der Waals surface area (Å²) in [4.78, 5) is 14.8. The van der Waals surface area contributed by atoms with Crippen LogP contribution in [0.5, 0.6) is 5.75 Å². The molecule has 2 fully saturated rings. The van der Waals surface area contributed by atoms with Gasteiger partial charge in [-0.3, -0.25) is 9.69 Å². The fourth-order valence-corrected chi connectivity index (χ4v) is 5.33. The van der Waals surface area contributed by atoms with E-state index in [-0.39, 0.29) is 29.7 Å². The number of carbonyl (C=O) groups excluding carboxylic acids is 1. The maximum Gasteiger partial charge on any atom is 0.314 e. The molecule has 28 heavy (non-hydrogen) atoms. The number of hydrogen-bond donors (Lipinski definition) is 0. The highest BCUT2D eigenvalue weighted by Gasteiger charge is 2.50. The fourth-order valence-electron chi connectivity index (χ4n) is 5.33. The molecule has 3 aliphatic rings. The Bertz CT molecular complexity index is 766. The van der Waals surface area contributed by atoms with E-state index in [1.165, 1.54) is 23.1 Å². The summed E-state index contributed by atoms with van der Waals surface area (Å²) in [6.45, 7) is 11.3. The average Bonchev–Trinajstić information content (AvgIpc) is 3.47. The van der Waals surface area contributed by atoms with Gasteiger partial charge in [-0.2, -0.15) is 0 Å². The van der Waals surface area contributed by atoms with E-state index in [1.54, 1.807) is 0 Å². The predicted octanol–water partition coefficient (Wildman–Crippen LogP) is 5.30. The average molecular weight is 404 g/mol. The summed E-state index contributed by atoms with van der Waals surface area (Å²) in [5, 5.41) is 0. The molecule has 1 heterocycles. The monoisotopic (exact) mass is 403 g/mol. The molecule has 154 valence electrons. The molecule has 1 saturated carbocycles. The number of halogens is 1. The van der Waals surface area contributed by atoms with Crippen LogP contribution in [-0.2, 0) is 16.6 Å². The second kappa shape index (κ2) is 8.20. The molecule has 1 aliphatic heterocycles. The van der Waals surface area contributed by atoms with Gasteiger partial charge in [0.05, 0.1) is 5.92 Å². The van der Waals surface area contributed by atoms with E-state index in [2.05, 4.69) is 50.8 Å². The smallest absolute Gasteiger partial charge is 0.314 e. The SMILES string of the molecule is CCC12CCN(CC=C(C)C)C(Cc3ccc(OC(=O)C4CC4)cc31)C2C.Cl. The molecule has 3 atom stereocenters. The molecule has 0 amide bonds. The fraction of sp³-hybridized carbons (Fsp3) is 0.625. The maximum atomic E-state index is 12.1. The number of piperidine rings is 1. The Morgan fingerprint density at radius 1 is 1.32 bits per heavy atom. The zero-order valence-corrected chi connectivity index (χ0v) is 18.5. The van der Waals surface area contributed by atoms with Crippen molar-refractivity contribution in [3.05, 3.63) is 41.0 Å². The first kappa shape index (κ1) is 21.4. The number of esters is 1. The van der Waals surface area contributed by atoms with Crippen LogP contribution >= 0.6 is 12.4 Å². The van der Waals surface area contributed by atoms with Crippen molar-refractivity contribution >= 4 is 18.4 Å². The minimum Gasteiger partial charge on any atom is -0.426 e. The van der Waals surface area contributed by atoms with Crippen LogP contribution in [0.2, 0.25) is 0 Å². The Kier molecular flexibility index (Phi) is 6.26. The first-order valence-electron chi connectivity index (χ1n) is 10.7. The van der Waals surface area contributed by atoms with Crippen LogP contribution in [0.3, 0.4) is 0 Å². The van der Waals surface area contributed by atoms with Crippen LogP contribution in [0.1, 0.15) is 64.5 Å². The van der Waals surface area contributed by atoms with Gasteiger partial charge in [0.2, 0.25) is 0 Å². The number of hydrogen-bond acceptors (Lipinski definition) is 3. The number of nitrogens with zero attached hydrogens (tertiary/aromatic N) is 1. The summed E-state index contributed by atoms with van der Waals surface area (Å²) in [5.41, 5.74) is 4.50. The second-order valence-electron chi connectivity index (χ2n) is 9.11. The quantitative estimate of drug-likeness (QED) is 0.379. The van der Waals surface area contributed by atoms with Gasteiger partial charge in [0, 0.05) is 18.0 Å². The van der Waals surface area contributed by atoms with Crippen molar-refractivity contribution in [1.82, 2.24) is 4.90 Å². The maximum absolute atomic E-state index is 12.1. The molecule has 1 aromatic carbocycles. The number of likely N-dealkylation sites (tertiary alicyclic amines) is 1. The summed E-state index contributed by atoms with van der Waals surface area (Å²) in [7, 11) is 0. The molecule has 3 nitrogen and oxygen atoms in total. The van der Waals surface area contributed by atoms with Crippen molar-refractivity contribution in [2.45, 2.75) is 71.3 Å². The van der Waals surface area contributed by atoms with E-state index in [0.29, 0.717) is 12.0 Å². The van der Waals surface area contributed by atoms with Crippen molar-refractivity contribution in [2.24, 2.45) is 11.8 Å². The van der Waals surface area contributed by atoms with Gasteiger partial charge in [0.15, 0.2) is 0 Å². The van der Waals surface area contributed by atoms with Gasteiger partial charge in [-0.25, -0.2) is 0 Å². The summed E-state index contributed by atoms with van der Waals surface area (Å²) >= 11 is 0. The molecule has 0 N–H and O–H groups in total. The predicted molar refractivity (Wildman–Crippen MR) is 116 cm³/mol. The summed E-state index contributed by atoms with van der Waals surface area (Å²) in [5.74, 6) is 1.46. The zero-order chi connectivity index (χ0) is 19.2. The van der Waals surface area contributed by atoms with Gasteiger partial charge in [-0.15, -0.1) is 12.4 Å². The summed E-state index contributed by atoms with van der Waals surface area (Å²) in [6, 6.07) is 7.02. The molecule has 2 aliphatic carbocycles. The zero-order valence-electron chi connectivity index (χ0n) is 17.7. The van der Waals surface area contributed by atoms with Gasteiger partial charge in [0.25, 0.3) is 0 Å². The van der Waals surface area contributed by atoms with E-state index in [0.717, 1.165) is 44.5 Å². The van der Waals surface area contributed by atoms with Gasteiger partial charge >= 0.3 is 5.97 Å². The number of fused-ring (bicyclic) bond motifs is 4.